The number of carbonyl (C=O) groups is 2. The van der Waals surface area contributed by atoms with Crippen molar-refractivity contribution in [2.45, 2.75) is 25.3 Å². The normalized spacial score (nSPS) is 16.1. The lowest BCUT2D eigenvalue weighted by Gasteiger charge is -2.24. The zero-order valence-electron chi connectivity index (χ0n) is 16.2. The maximum Gasteiger partial charge on any atom is 0.266 e. The minimum atomic E-state index is -0.606. The Morgan fingerprint density at radius 1 is 1.39 bits per heavy atom. The smallest absolute Gasteiger partial charge is 0.266 e. The number of aromatic nitrogens is 7. The molecule has 0 bridgehead atoms. The molecule has 0 aromatic carbocycles. The van der Waals surface area contributed by atoms with Gasteiger partial charge in [-0.3, -0.25) is 14.7 Å². The first kappa shape index (κ1) is 19.1. The molecule has 5 heterocycles. The van der Waals surface area contributed by atoms with Crippen LogP contribution >= 0.6 is 11.3 Å². The summed E-state index contributed by atoms with van der Waals surface area (Å²) in [6.07, 6.45) is 3.64. The second-order valence-corrected chi connectivity index (χ2v) is 8.00. The van der Waals surface area contributed by atoms with E-state index in [1.165, 1.54) is 17.4 Å². The van der Waals surface area contributed by atoms with E-state index in [-0.39, 0.29) is 23.9 Å². The summed E-state index contributed by atoms with van der Waals surface area (Å²) in [7, 11) is 0. The van der Waals surface area contributed by atoms with Crippen LogP contribution in [0.5, 0.6) is 0 Å². The molecule has 0 aliphatic carbocycles. The van der Waals surface area contributed by atoms with Gasteiger partial charge in [0.05, 0.1) is 12.5 Å². The highest BCUT2D eigenvalue weighted by atomic mass is 32.1. The molecule has 1 amide bonds. The number of primary amides is 1. The third-order valence-electron chi connectivity index (χ3n) is 5.08. The fourth-order valence-electron chi connectivity index (χ4n) is 3.65. The summed E-state index contributed by atoms with van der Waals surface area (Å²) < 4.78 is 1.69. The van der Waals surface area contributed by atoms with E-state index in [1.54, 1.807) is 16.2 Å². The molecule has 0 unspecified atom stereocenters. The Morgan fingerprint density at radius 2 is 2.29 bits per heavy atom. The Hall–Kier alpha value is -3.87. The number of ketones is 1. The molecule has 0 saturated carbocycles. The Kier molecular flexibility index (Phi) is 4.78. The van der Waals surface area contributed by atoms with Crippen molar-refractivity contribution in [1.82, 2.24) is 35.0 Å². The van der Waals surface area contributed by atoms with Crippen molar-refractivity contribution < 1.29 is 9.59 Å². The molecule has 5 rings (SSSR count). The monoisotopic (exact) mass is 438 g/mol. The molecule has 0 spiro atoms. The minimum absolute atomic E-state index is 0.0679. The lowest BCUT2D eigenvalue weighted by Crippen LogP contribution is -2.38. The molecule has 1 atom stereocenters. The van der Waals surface area contributed by atoms with Crippen molar-refractivity contribution in [1.29, 1.82) is 0 Å². The number of carbonyl (C=O) groups excluding carboxylic acids is 2. The van der Waals surface area contributed by atoms with Crippen molar-refractivity contribution in [2.24, 2.45) is 5.73 Å². The number of amides is 1. The van der Waals surface area contributed by atoms with Gasteiger partial charge in [-0.1, -0.05) is 0 Å². The molecule has 158 valence electrons. The highest BCUT2D eigenvalue weighted by molar-refractivity contribution is 7.09. The van der Waals surface area contributed by atoms with Gasteiger partial charge in [-0.2, -0.15) is 10.1 Å². The van der Waals surface area contributed by atoms with Crippen LogP contribution in [0, 0.1) is 0 Å². The number of H-pyrrole nitrogens is 1. The number of anilines is 3. The molecular weight excluding hydrogens is 420 g/mol. The molecule has 4 N–H and O–H groups in total. The van der Waals surface area contributed by atoms with Crippen LogP contribution in [0.3, 0.4) is 0 Å². The number of nitrogens with two attached hydrogens (primary N) is 1. The predicted octanol–water partition coefficient (Wildman–Crippen LogP) is 0.927. The first-order chi connectivity index (χ1) is 15.1. The molecule has 1 aliphatic heterocycles. The zero-order valence-corrected chi connectivity index (χ0v) is 17.0. The summed E-state index contributed by atoms with van der Waals surface area (Å²) in [4.78, 5) is 30.8. The third-order valence-corrected chi connectivity index (χ3v) is 5.78. The second-order valence-electron chi connectivity index (χ2n) is 7.08. The maximum absolute atomic E-state index is 12.9. The van der Waals surface area contributed by atoms with Gasteiger partial charge in [-0.05, 0) is 25.0 Å². The second kappa shape index (κ2) is 7.75. The molecular formula is C18H18N10O2S. The van der Waals surface area contributed by atoms with Gasteiger partial charge in [0.2, 0.25) is 5.95 Å². The van der Waals surface area contributed by atoms with E-state index in [9.17, 15) is 9.59 Å². The van der Waals surface area contributed by atoms with Gasteiger partial charge in [0, 0.05) is 18.8 Å². The summed E-state index contributed by atoms with van der Waals surface area (Å²) in [5.41, 5.74) is 7.81. The molecule has 4 aromatic rings. The summed E-state index contributed by atoms with van der Waals surface area (Å²) in [6.45, 7) is 0.674. The first-order valence-electron chi connectivity index (χ1n) is 9.60. The van der Waals surface area contributed by atoms with Gasteiger partial charge >= 0.3 is 0 Å². The third kappa shape index (κ3) is 3.70. The highest BCUT2D eigenvalue weighted by Gasteiger charge is 2.33. The molecule has 1 aliphatic rings. The number of aromatic amines is 1. The number of nitrogens with zero attached hydrogens (tertiary/aromatic N) is 7. The lowest BCUT2D eigenvalue weighted by atomic mass is 10.1. The number of hydrogen-bond acceptors (Lipinski definition) is 10. The average molecular weight is 438 g/mol. The molecule has 12 nitrogen and oxygen atoms in total. The minimum Gasteiger partial charge on any atom is -0.364 e. The van der Waals surface area contributed by atoms with Crippen molar-refractivity contribution in [2.75, 3.05) is 16.8 Å². The number of fused-ring (bicyclic) bond motifs is 1. The van der Waals surface area contributed by atoms with Gasteiger partial charge in [-0.25, -0.2) is 4.52 Å². The quantitative estimate of drug-likeness (QED) is 0.381. The Morgan fingerprint density at radius 3 is 3.06 bits per heavy atom. The average Bonchev–Trinajstić information content (AvgIpc) is 3.53. The molecule has 4 aromatic heterocycles. The Bertz CT molecular complexity index is 1250. The molecule has 0 radical (unpaired) electrons. The summed E-state index contributed by atoms with van der Waals surface area (Å²) in [6, 6.07) is 4.89. The van der Waals surface area contributed by atoms with Crippen LogP contribution in [0.2, 0.25) is 0 Å². The SMILES string of the molecule is NC(=O)c1cc(Nc2nc(N3CCC[C@H]3C(=O)Cc3nncs3)nn3cccc23)n[nH]1. The van der Waals surface area contributed by atoms with Gasteiger partial charge in [0.25, 0.3) is 5.91 Å². The summed E-state index contributed by atoms with van der Waals surface area (Å²) in [5, 5.41) is 22.8. The van der Waals surface area contributed by atoms with Crippen molar-refractivity contribution in [3.63, 3.8) is 0 Å². The maximum atomic E-state index is 12.9. The zero-order chi connectivity index (χ0) is 21.4. The van der Waals surface area contributed by atoms with E-state index < -0.39 is 5.91 Å². The predicted molar refractivity (Wildman–Crippen MR) is 112 cm³/mol. The van der Waals surface area contributed by atoms with Crippen LogP contribution in [0.4, 0.5) is 17.6 Å². The number of nitrogens with one attached hydrogen (secondary N) is 2. The number of Topliss-reactive ketones (excluding diaryl/α,β-unsaturated/α-hetero) is 1. The van der Waals surface area contributed by atoms with E-state index in [2.05, 4.69) is 35.8 Å². The largest absolute Gasteiger partial charge is 0.364 e. The van der Waals surface area contributed by atoms with E-state index in [0.29, 0.717) is 29.1 Å². The van der Waals surface area contributed by atoms with E-state index in [0.717, 1.165) is 18.4 Å². The fraction of sp³-hybridized carbons (Fsp3) is 0.278. The van der Waals surface area contributed by atoms with E-state index in [4.69, 9.17) is 5.73 Å². The number of rotatable bonds is 7. The van der Waals surface area contributed by atoms with Crippen LogP contribution in [0.15, 0.2) is 29.9 Å². The van der Waals surface area contributed by atoms with Crippen molar-refractivity contribution in [3.05, 3.63) is 40.6 Å². The lowest BCUT2D eigenvalue weighted by molar-refractivity contribution is -0.119. The van der Waals surface area contributed by atoms with Crippen LogP contribution in [-0.2, 0) is 11.2 Å². The van der Waals surface area contributed by atoms with Gasteiger partial charge in [-0.15, -0.1) is 26.6 Å². The van der Waals surface area contributed by atoms with Crippen LogP contribution in [-0.4, -0.2) is 59.3 Å². The topological polar surface area (TPSA) is 160 Å². The van der Waals surface area contributed by atoms with Crippen LogP contribution < -0.4 is 16.0 Å². The Balaban J connectivity index is 1.45. The molecule has 1 saturated heterocycles. The Labute approximate surface area is 179 Å². The van der Waals surface area contributed by atoms with Crippen molar-refractivity contribution in [3.8, 4) is 0 Å². The van der Waals surface area contributed by atoms with Crippen LogP contribution in [0.1, 0.15) is 28.3 Å². The van der Waals surface area contributed by atoms with E-state index in [1.807, 2.05) is 17.0 Å². The van der Waals surface area contributed by atoms with Gasteiger partial charge in [0.1, 0.15) is 21.7 Å². The van der Waals surface area contributed by atoms with E-state index >= 15 is 0 Å². The van der Waals surface area contributed by atoms with Crippen LogP contribution in [0.25, 0.3) is 5.52 Å². The fourth-order valence-corrected chi connectivity index (χ4v) is 4.19. The summed E-state index contributed by atoms with van der Waals surface area (Å²) >= 11 is 1.37. The van der Waals surface area contributed by atoms with Crippen molar-refractivity contribution >= 4 is 46.1 Å². The van der Waals surface area contributed by atoms with Gasteiger partial charge in [0.15, 0.2) is 17.4 Å². The molecule has 13 heteroatoms. The molecule has 1 fully saturated rings. The summed E-state index contributed by atoms with van der Waals surface area (Å²) in [5.74, 6) is 0.792. The highest BCUT2D eigenvalue weighted by Crippen LogP contribution is 2.27. The first-order valence-corrected chi connectivity index (χ1v) is 10.5. The molecule has 31 heavy (non-hydrogen) atoms. The van der Waals surface area contributed by atoms with Gasteiger partial charge < -0.3 is 16.0 Å². The number of hydrogen-bond donors (Lipinski definition) is 3. The standard InChI is InChI=1S/C18H18N10O2S/c19-16(30)10-7-14(24-23-10)21-17-12-4-2-6-28(12)26-18(22-17)27-5-1-3-11(27)13(29)8-15-25-20-9-31-15/h2,4,6-7,9,11H,1,3,5,8H2,(H2,19,30)(H2,21,22,23,24,26)/t11-/m0/s1.